The third-order valence-corrected chi connectivity index (χ3v) is 8.43. The van der Waals surface area contributed by atoms with Crippen LogP contribution in [0.1, 0.15) is 11.1 Å². The van der Waals surface area contributed by atoms with Crippen LogP contribution < -0.4 is 15.5 Å². The molecule has 14 heteroatoms. The highest BCUT2D eigenvalue weighted by molar-refractivity contribution is 7.99. The second-order valence-electron chi connectivity index (χ2n) is 9.43. The molecule has 41 heavy (non-hydrogen) atoms. The van der Waals surface area contributed by atoms with Crippen molar-refractivity contribution in [3.05, 3.63) is 63.6 Å². The highest BCUT2D eigenvalue weighted by Gasteiger charge is 2.37. The molecule has 0 aliphatic carbocycles. The SMILES string of the molecule is O=C(N[C@@H](Cc1ccc(OCc2c(Cl)cccc2Cl)cc1)C(=O)NO)C1CSCN1C(=O)OCCN1CCOCC1. The molecule has 0 spiro atoms. The Hall–Kier alpha value is -2.74. The number of hydrogen-bond donors (Lipinski definition) is 3. The Balaban J connectivity index is 1.30. The average Bonchev–Trinajstić information content (AvgIpc) is 3.48. The second kappa shape index (κ2) is 15.5. The van der Waals surface area contributed by atoms with Gasteiger partial charge in [-0.1, -0.05) is 41.4 Å². The van der Waals surface area contributed by atoms with Crippen molar-refractivity contribution in [2.45, 2.75) is 25.1 Å². The molecular weight excluding hydrogens is 595 g/mol. The minimum atomic E-state index is -1.08. The van der Waals surface area contributed by atoms with E-state index in [0.717, 1.165) is 13.1 Å². The van der Waals surface area contributed by atoms with Crippen LogP contribution in [-0.4, -0.2) is 96.1 Å². The molecule has 3 amide bonds. The summed E-state index contributed by atoms with van der Waals surface area (Å²) in [6, 6.07) is 10.3. The molecule has 2 aromatic carbocycles. The Kier molecular flexibility index (Phi) is 11.8. The van der Waals surface area contributed by atoms with Crippen LogP contribution in [0.3, 0.4) is 0 Å². The van der Waals surface area contributed by atoms with Gasteiger partial charge in [0.15, 0.2) is 0 Å². The fourth-order valence-electron chi connectivity index (χ4n) is 4.35. The molecule has 222 valence electrons. The van der Waals surface area contributed by atoms with Gasteiger partial charge in [0.05, 0.1) is 19.1 Å². The lowest BCUT2D eigenvalue weighted by molar-refractivity contribution is -0.135. The number of thioether (sulfide) groups is 1. The average molecular weight is 628 g/mol. The van der Waals surface area contributed by atoms with Gasteiger partial charge in [0.1, 0.15) is 31.0 Å². The zero-order valence-electron chi connectivity index (χ0n) is 22.2. The molecule has 2 heterocycles. The molecule has 0 aromatic heterocycles. The summed E-state index contributed by atoms with van der Waals surface area (Å²) in [7, 11) is 0. The van der Waals surface area contributed by atoms with E-state index in [1.165, 1.54) is 16.7 Å². The van der Waals surface area contributed by atoms with E-state index in [-0.39, 0.29) is 19.6 Å². The van der Waals surface area contributed by atoms with Crippen LogP contribution in [0.15, 0.2) is 42.5 Å². The van der Waals surface area contributed by atoms with Crippen LogP contribution in [0.4, 0.5) is 4.79 Å². The Morgan fingerprint density at radius 1 is 1.10 bits per heavy atom. The number of hydroxylamine groups is 1. The van der Waals surface area contributed by atoms with E-state index in [0.29, 0.717) is 58.3 Å². The van der Waals surface area contributed by atoms with E-state index in [1.54, 1.807) is 47.9 Å². The standard InChI is InChI=1S/C27H32Cl2N4O7S/c28-21-2-1-3-22(29)20(21)15-40-19-6-4-18(5-7-19)14-23(25(34)31-37)30-26(35)24-16-41-17-33(24)27(36)39-13-10-32-8-11-38-12-9-32/h1-7,23-24,37H,8-17H2,(H,30,35)(H,31,34)/t23-,24?/m0/s1. The first-order valence-corrected chi connectivity index (χ1v) is 15.0. The number of carbonyl (C=O) groups is 3. The van der Waals surface area contributed by atoms with Crippen LogP contribution in [0.25, 0.3) is 0 Å². The highest BCUT2D eigenvalue weighted by Crippen LogP contribution is 2.26. The van der Waals surface area contributed by atoms with Crippen LogP contribution in [0.2, 0.25) is 10.0 Å². The van der Waals surface area contributed by atoms with E-state index in [2.05, 4.69) is 10.2 Å². The Bertz CT molecular complexity index is 1180. The maximum Gasteiger partial charge on any atom is 0.411 e. The number of halogens is 2. The number of rotatable bonds is 11. The fraction of sp³-hybridized carbons (Fsp3) is 0.444. The van der Waals surface area contributed by atoms with Crippen LogP contribution >= 0.6 is 35.0 Å². The van der Waals surface area contributed by atoms with Gasteiger partial charge < -0.3 is 19.5 Å². The molecule has 2 aliphatic heterocycles. The summed E-state index contributed by atoms with van der Waals surface area (Å²) in [5.41, 5.74) is 2.99. The van der Waals surface area contributed by atoms with Gasteiger partial charge in [-0.25, -0.2) is 10.3 Å². The summed E-state index contributed by atoms with van der Waals surface area (Å²) in [4.78, 5) is 41.7. The van der Waals surface area contributed by atoms with Gasteiger partial charge in [0, 0.05) is 47.4 Å². The van der Waals surface area contributed by atoms with Crippen LogP contribution in [0, 0.1) is 0 Å². The van der Waals surface area contributed by atoms with E-state index >= 15 is 0 Å². The first-order valence-electron chi connectivity index (χ1n) is 13.1. The minimum absolute atomic E-state index is 0.0958. The van der Waals surface area contributed by atoms with Crippen molar-refractivity contribution in [3.8, 4) is 5.75 Å². The first-order chi connectivity index (χ1) is 19.9. The third kappa shape index (κ3) is 8.87. The van der Waals surface area contributed by atoms with Crippen molar-refractivity contribution >= 4 is 52.9 Å². The lowest BCUT2D eigenvalue weighted by Gasteiger charge is -2.27. The monoisotopic (exact) mass is 626 g/mol. The molecule has 2 fully saturated rings. The molecule has 4 rings (SSSR count). The molecule has 2 aromatic rings. The topological polar surface area (TPSA) is 130 Å². The number of amides is 3. The number of morpholine rings is 1. The quantitative estimate of drug-likeness (QED) is 0.255. The van der Waals surface area contributed by atoms with Gasteiger partial charge in [-0.3, -0.25) is 24.6 Å². The lowest BCUT2D eigenvalue weighted by Crippen LogP contribution is -2.54. The molecule has 2 aliphatic rings. The maximum atomic E-state index is 13.1. The van der Waals surface area contributed by atoms with Crippen molar-refractivity contribution in [2.24, 2.45) is 0 Å². The predicted molar refractivity (Wildman–Crippen MR) is 154 cm³/mol. The molecule has 1 unspecified atom stereocenters. The molecule has 0 saturated carbocycles. The zero-order chi connectivity index (χ0) is 29.2. The summed E-state index contributed by atoms with van der Waals surface area (Å²) in [5.74, 6) is -0.0729. The van der Waals surface area contributed by atoms with E-state index in [1.807, 2.05) is 0 Å². The Labute approximate surface area is 252 Å². The van der Waals surface area contributed by atoms with Crippen molar-refractivity contribution in [1.29, 1.82) is 0 Å². The number of nitrogens with zero attached hydrogens (tertiary/aromatic N) is 2. The van der Waals surface area contributed by atoms with Gasteiger partial charge in [-0.2, -0.15) is 0 Å². The predicted octanol–water partition coefficient (Wildman–Crippen LogP) is 2.95. The second-order valence-corrected chi connectivity index (χ2v) is 11.2. The normalized spacial score (nSPS) is 18.0. The van der Waals surface area contributed by atoms with Gasteiger partial charge in [-0.15, -0.1) is 11.8 Å². The number of hydrogen-bond acceptors (Lipinski definition) is 9. The lowest BCUT2D eigenvalue weighted by atomic mass is 10.0. The van der Waals surface area contributed by atoms with Gasteiger partial charge >= 0.3 is 6.09 Å². The molecule has 0 radical (unpaired) electrons. The summed E-state index contributed by atoms with van der Waals surface area (Å²) < 4.78 is 16.5. The van der Waals surface area contributed by atoms with E-state index < -0.39 is 30.0 Å². The van der Waals surface area contributed by atoms with Crippen molar-refractivity contribution in [2.75, 3.05) is 51.1 Å². The summed E-state index contributed by atoms with van der Waals surface area (Å²) >= 11 is 13.8. The smallest absolute Gasteiger partial charge is 0.411 e. The Morgan fingerprint density at radius 3 is 2.49 bits per heavy atom. The van der Waals surface area contributed by atoms with Crippen LogP contribution in [0.5, 0.6) is 5.75 Å². The largest absolute Gasteiger partial charge is 0.489 e. The number of nitrogens with one attached hydrogen (secondary N) is 2. The molecular formula is C27H32Cl2N4O7S. The molecule has 3 N–H and O–H groups in total. The Morgan fingerprint density at radius 2 is 1.80 bits per heavy atom. The highest BCUT2D eigenvalue weighted by atomic mass is 35.5. The number of benzene rings is 2. The van der Waals surface area contributed by atoms with Gasteiger partial charge in [0.25, 0.3) is 5.91 Å². The fourth-order valence-corrected chi connectivity index (χ4v) is 6.00. The summed E-state index contributed by atoms with van der Waals surface area (Å²) in [6.07, 6.45) is -0.487. The first kappa shape index (κ1) is 31.2. The van der Waals surface area contributed by atoms with Crippen molar-refractivity contribution in [3.63, 3.8) is 0 Å². The summed E-state index contributed by atoms with van der Waals surface area (Å²) in [5, 5.41) is 13.0. The van der Waals surface area contributed by atoms with Crippen molar-refractivity contribution < 1.29 is 33.8 Å². The van der Waals surface area contributed by atoms with E-state index in [9.17, 15) is 19.6 Å². The van der Waals surface area contributed by atoms with Crippen LogP contribution in [-0.2, 0) is 32.1 Å². The van der Waals surface area contributed by atoms with Gasteiger partial charge in [0.2, 0.25) is 5.91 Å². The van der Waals surface area contributed by atoms with Gasteiger partial charge in [-0.05, 0) is 29.8 Å². The zero-order valence-corrected chi connectivity index (χ0v) is 24.6. The molecule has 11 nitrogen and oxygen atoms in total. The molecule has 0 bridgehead atoms. The number of carbonyl (C=O) groups excluding carboxylic acids is 3. The maximum absolute atomic E-state index is 13.1. The van der Waals surface area contributed by atoms with E-state index in [4.69, 9.17) is 37.4 Å². The number of ether oxygens (including phenoxy) is 3. The minimum Gasteiger partial charge on any atom is -0.489 e. The molecule has 2 atom stereocenters. The molecule has 2 saturated heterocycles. The third-order valence-electron chi connectivity index (χ3n) is 6.71. The summed E-state index contributed by atoms with van der Waals surface area (Å²) in [6.45, 7) is 3.83. The van der Waals surface area contributed by atoms with Crippen molar-refractivity contribution in [1.82, 2.24) is 20.6 Å².